The standard InChI is InChI=1S/C7H13BS/c1-5-4-9-6(2)7(5)3-8/h5-7H,3-4H2,1-2H3. The van der Waals surface area contributed by atoms with Gasteiger partial charge in [-0.1, -0.05) is 20.2 Å². The van der Waals surface area contributed by atoms with Crippen LogP contribution >= 0.6 is 11.8 Å². The third-order valence-corrected chi connectivity index (χ3v) is 3.82. The van der Waals surface area contributed by atoms with Gasteiger partial charge in [0.15, 0.2) is 0 Å². The van der Waals surface area contributed by atoms with Gasteiger partial charge in [0.25, 0.3) is 0 Å². The Labute approximate surface area is 63.2 Å². The Bertz CT molecular complexity index is 84.9. The van der Waals surface area contributed by atoms with E-state index >= 15 is 0 Å². The van der Waals surface area contributed by atoms with Gasteiger partial charge in [0, 0.05) is 5.25 Å². The third-order valence-electron chi connectivity index (χ3n) is 2.23. The summed E-state index contributed by atoms with van der Waals surface area (Å²) in [6, 6.07) is 0. The molecule has 0 spiro atoms. The Kier molecular flexibility index (Phi) is 2.51. The molecular weight excluding hydrogens is 127 g/mol. The molecule has 1 rings (SSSR count). The molecule has 0 aromatic heterocycles. The Morgan fingerprint density at radius 3 is 2.44 bits per heavy atom. The highest BCUT2D eigenvalue weighted by molar-refractivity contribution is 8.00. The summed E-state index contributed by atoms with van der Waals surface area (Å²) in [4.78, 5) is 0. The van der Waals surface area contributed by atoms with Gasteiger partial charge < -0.3 is 0 Å². The van der Waals surface area contributed by atoms with E-state index in [1.165, 1.54) is 5.75 Å². The van der Waals surface area contributed by atoms with E-state index in [4.69, 9.17) is 7.85 Å². The molecule has 1 aliphatic rings. The van der Waals surface area contributed by atoms with Gasteiger partial charge in [0.2, 0.25) is 0 Å². The quantitative estimate of drug-likeness (QED) is 0.501. The molecule has 0 aromatic rings. The van der Waals surface area contributed by atoms with E-state index in [0.29, 0.717) is 0 Å². The average Bonchev–Trinajstić information content (AvgIpc) is 2.12. The van der Waals surface area contributed by atoms with Crippen LogP contribution in [0.1, 0.15) is 13.8 Å². The van der Waals surface area contributed by atoms with Crippen molar-refractivity contribution in [3.8, 4) is 0 Å². The van der Waals surface area contributed by atoms with Crippen LogP contribution in [0.5, 0.6) is 0 Å². The third kappa shape index (κ3) is 1.46. The Morgan fingerprint density at radius 1 is 1.56 bits per heavy atom. The normalized spacial score (nSPS) is 43.6. The molecule has 1 heterocycles. The van der Waals surface area contributed by atoms with Crippen LogP contribution in [0.25, 0.3) is 0 Å². The fraction of sp³-hybridized carbons (Fsp3) is 1.00. The molecule has 0 N–H and O–H groups in total. The highest BCUT2D eigenvalue weighted by Crippen LogP contribution is 2.37. The summed E-state index contributed by atoms with van der Waals surface area (Å²) >= 11 is 2.06. The zero-order valence-electron chi connectivity index (χ0n) is 6.13. The maximum absolute atomic E-state index is 5.60. The predicted molar refractivity (Wildman–Crippen MR) is 45.1 cm³/mol. The van der Waals surface area contributed by atoms with Gasteiger partial charge in [-0.3, -0.25) is 0 Å². The average molecular weight is 140 g/mol. The number of rotatable bonds is 1. The zero-order valence-corrected chi connectivity index (χ0v) is 6.95. The summed E-state index contributed by atoms with van der Waals surface area (Å²) in [5, 5.41) is 0.796. The van der Waals surface area contributed by atoms with Crippen molar-refractivity contribution < 1.29 is 0 Å². The highest BCUT2D eigenvalue weighted by atomic mass is 32.2. The first-order valence-corrected chi connectivity index (χ1v) is 4.62. The molecule has 0 aromatic carbocycles. The lowest BCUT2D eigenvalue weighted by Crippen LogP contribution is -2.13. The second kappa shape index (κ2) is 3.00. The van der Waals surface area contributed by atoms with Crippen molar-refractivity contribution in [1.82, 2.24) is 0 Å². The van der Waals surface area contributed by atoms with Crippen molar-refractivity contribution >= 4 is 19.6 Å². The number of hydrogen-bond donors (Lipinski definition) is 0. The molecule has 1 saturated heterocycles. The van der Waals surface area contributed by atoms with Gasteiger partial charge in [0.1, 0.15) is 0 Å². The van der Waals surface area contributed by atoms with Crippen molar-refractivity contribution in [2.75, 3.05) is 5.75 Å². The smallest absolute Gasteiger partial charge is 0.0657 e. The molecule has 3 unspecified atom stereocenters. The summed E-state index contributed by atoms with van der Waals surface area (Å²) in [5.41, 5.74) is 0. The summed E-state index contributed by atoms with van der Waals surface area (Å²) in [6.45, 7) is 4.58. The Balaban J connectivity index is 2.44. The fourth-order valence-corrected chi connectivity index (χ4v) is 2.92. The highest BCUT2D eigenvalue weighted by Gasteiger charge is 2.28. The van der Waals surface area contributed by atoms with E-state index in [2.05, 4.69) is 25.6 Å². The van der Waals surface area contributed by atoms with Crippen LogP contribution in [0.4, 0.5) is 0 Å². The summed E-state index contributed by atoms with van der Waals surface area (Å²) in [6.07, 6.45) is 0.870. The van der Waals surface area contributed by atoms with Crippen LogP contribution in [0, 0.1) is 11.8 Å². The van der Waals surface area contributed by atoms with Gasteiger partial charge in [-0.25, -0.2) is 0 Å². The van der Waals surface area contributed by atoms with E-state index in [1.54, 1.807) is 0 Å². The molecule has 0 bridgehead atoms. The first-order chi connectivity index (χ1) is 4.25. The monoisotopic (exact) mass is 140 g/mol. The SMILES string of the molecule is [B]CC1C(C)CSC1C. The molecular formula is C7H13BS. The van der Waals surface area contributed by atoms with Crippen LogP contribution in [-0.4, -0.2) is 18.8 Å². The number of thioether (sulfide) groups is 1. The molecule has 0 amide bonds. The van der Waals surface area contributed by atoms with E-state index in [1.807, 2.05) is 0 Å². The minimum Gasteiger partial charge on any atom is -0.158 e. The molecule has 0 aliphatic carbocycles. The van der Waals surface area contributed by atoms with E-state index in [0.717, 1.165) is 23.4 Å². The molecule has 0 saturated carbocycles. The minimum absolute atomic E-state index is 0.773. The maximum Gasteiger partial charge on any atom is 0.0657 e. The van der Waals surface area contributed by atoms with Gasteiger partial charge >= 0.3 is 0 Å². The van der Waals surface area contributed by atoms with Crippen molar-refractivity contribution in [1.29, 1.82) is 0 Å². The molecule has 9 heavy (non-hydrogen) atoms. The molecule has 0 nitrogen and oxygen atoms in total. The molecule has 1 fully saturated rings. The fourth-order valence-electron chi connectivity index (χ4n) is 1.44. The van der Waals surface area contributed by atoms with E-state index in [-0.39, 0.29) is 0 Å². The van der Waals surface area contributed by atoms with Crippen LogP contribution in [0.15, 0.2) is 0 Å². The number of hydrogen-bond acceptors (Lipinski definition) is 1. The molecule has 2 radical (unpaired) electrons. The van der Waals surface area contributed by atoms with Crippen molar-refractivity contribution in [2.24, 2.45) is 11.8 Å². The van der Waals surface area contributed by atoms with E-state index < -0.39 is 0 Å². The lowest BCUT2D eigenvalue weighted by molar-refractivity contribution is 0.449. The summed E-state index contributed by atoms with van der Waals surface area (Å²) < 4.78 is 0. The Hall–Kier alpha value is 0.415. The van der Waals surface area contributed by atoms with Gasteiger partial charge in [-0.2, -0.15) is 11.8 Å². The van der Waals surface area contributed by atoms with Crippen molar-refractivity contribution in [2.45, 2.75) is 25.4 Å². The van der Waals surface area contributed by atoms with Gasteiger partial charge in [0.05, 0.1) is 7.85 Å². The summed E-state index contributed by atoms with van der Waals surface area (Å²) in [7, 11) is 5.60. The van der Waals surface area contributed by atoms with Crippen molar-refractivity contribution in [3.63, 3.8) is 0 Å². The van der Waals surface area contributed by atoms with Crippen LogP contribution in [0.3, 0.4) is 0 Å². The second-order valence-corrected chi connectivity index (χ2v) is 4.33. The Morgan fingerprint density at radius 2 is 2.22 bits per heavy atom. The van der Waals surface area contributed by atoms with Crippen LogP contribution in [0.2, 0.25) is 6.32 Å². The first-order valence-electron chi connectivity index (χ1n) is 3.57. The summed E-state index contributed by atoms with van der Waals surface area (Å²) in [5.74, 6) is 2.92. The van der Waals surface area contributed by atoms with Crippen molar-refractivity contribution in [3.05, 3.63) is 0 Å². The predicted octanol–water partition coefficient (Wildman–Crippen LogP) is 1.96. The minimum atomic E-state index is 0.773. The van der Waals surface area contributed by atoms with E-state index in [9.17, 15) is 0 Å². The molecule has 2 heteroatoms. The largest absolute Gasteiger partial charge is 0.158 e. The first kappa shape index (κ1) is 7.52. The van der Waals surface area contributed by atoms with Crippen LogP contribution in [-0.2, 0) is 0 Å². The zero-order chi connectivity index (χ0) is 6.85. The topological polar surface area (TPSA) is 0 Å². The molecule has 3 atom stereocenters. The maximum atomic E-state index is 5.60. The lowest BCUT2D eigenvalue weighted by Gasteiger charge is -2.15. The molecule has 50 valence electrons. The second-order valence-electron chi connectivity index (χ2n) is 2.92. The lowest BCUT2D eigenvalue weighted by atomic mass is 9.82. The van der Waals surface area contributed by atoms with Crippen LogP contribution < -0.4 is 0 Å². The molecule has 1 aliphatic heterocycles. The van der Waals surface area contributed by atoms with Gasteiger partial charge in [-0.05, 0) is 17.6 Å². The van der Waals surface area contributed by atoms with Gasteiger partial charge in [-0.15, -0.1) is 0 Å².